The molecule has 1 aromatic rings. The standard InChI is InChI=1S/C16H28N4O/c1-11(2)18-16(15(17)21)8-5-6-14(16)7-9-20-13(4)10-12(3)19-20/h10-11,14,18H,5-9H2,1-4H3,(H2,17,21). The Morgan fingerprint density at radius 3 is 2.81 bits per heavy atom. The zero-order valence-corrected chi connectivity index (χ0v) is 13.6. The molecule has 0 bridgehead atoms. The van der Waals surface area contributed by atoms with Crippen molar-refractivity contribution in [2.24, 2.45) is 11.7 Å². The van der Waals surface area contributed by atoms with Crippen LogP contribution in [-0.2, 0) is 11.3 Å². The summed E-state index contributed by atoms with van der Waals surface area (Å²) in [5, 5.41) is 7.96. The van der Waals surface area contributed by atoms with Gasteiger partial charge in [0.15, 0.2) is 0 Å². The number of nitrogens with two attached hydrogens (primary N) is 1. The lowest BCUT2D eigenvalue weighted by atomic mass is 9.83. The second-order valence-electron chi connectivity index (χ2n) is 6.66. The summed E-state index contributed by atoms with van der Waals surface area (Å²) in [7, 11) is 0. The van der Waals surface area contributed by atoms with Crippen LogP contribution in [0.5, 0.6) is 0 Å². The van der Waals surface area contributed by atoms with Gasteiger partial charge in [-0.25, -0.2) is 0 Å². The molecule has 1 heterocycles. The average Bonchev–Trinajstić information content (AvgIpc) is 2.90. The minimum Gasteiger partial charge on any atom is -0.368 e. The van der Waals surface area contributed by atoms with Crippen molar-refractivity contribution in [3.63, 3.8) is 0 Å². The van der Waals surface area contributed by atoms with Crippen LogP contribution in [0.4, 0.5) is 0 Å². The summed E-state index contributed by atoms with van der Waals surface area (Å²) < 4.78 is 2.04. The fraction of sp³-hybridized carbons (Fsp3) is 0.750. The fourth-order valence-electron chi connectivity index (χ4n) is 3.75. The Labute approximate surface area is 127 Å². The van der Waals surface area contributed by atoms with Gasteiger partial charge < -0.3 is 11.1 Å². The quantitative estimate of drug-likeness (QED) is 0.841. The van der Waals surface area contributed by atoms with E-state index in [1.165, 1.54) is 5.69 Å². The smallest absolute Gasteiger partial charge is 0.238 e. The van der Waals surface area contributed by atoms with Crippen LogP contribution in [0.1, 0.15) is 50.9 Å². The number of aromatic nitrogens is 2. The van der Waals surface area contributed by atoms with Crippen LogP contribution in [0.2, 0.25) is 0 Å². The van der Waals surface area contributed by atoms with E-state index in [4.69, 9.17) is 5.73 Å². The monoisotopic (exact) mass is 292 g/mol. The lowest BCUT2D eigenvalue weighted by Gasteiger charge is -2.35. The summed E-state index contributed by atoms with van der Waals surface area (Å²) in [4.78, 5) is 12.1. The maximum atomic E-state index is 12.1. The summed E-state index contributed by atoms with van der Waals surface area (Å²) in [6.07, 6.45) is 3.90. The van der Waals surface area contributed by atoms with Crippen LogP contribution < -0.4 is 11.1 Å². The molecule has 3 N–H and O–H groups in total. The molecule has 5 nitrogen and oxygen atoms in total. The van der Waals surface area contributed by atoms with E-state index < -0.39 is 5.54 Å². The van der Waals surface area contributed by atoms with Crippen molar-refractivity contribution < 1.29 is 4.79 Å². The maximum absolute atomic E-state index is 12.1. The number of hydrogen-bond acceptors (Lipinski definition) is 3. The Morgan fingerprint density at radius 1 is 1.57 bits per heavy atom. The molecule has 1 aliphatic rings. The number of hydrogen-bond donors (Lipinski definition) is 2. The SMILES string of the molecule is Cc1cc(C)n(CCC2CCCC2(NC(C)C)C(N)=O)n1. The zero-order chi connectivity index (χ0) is 15.6. The van der Waals surface area contributed by atoms with E-state index in [2.05, 4.69) is 37.3 Å². The molecule has 0 aromatic carbocycles. The van der Waals surface area contributed by atoms with Gasteiger partial charge in [-0.1, -0.05) is 6.42 Å². The second kappa shape index (κ2) is 6.18. The third-order valence-electron chi connectivity index (χ3n) is 4.60. The number of nitrogens with one attached hydrogen (secondary N) is 1. The Kier molecular flexibility index (Phi) is 4.71. The minimum absolute atomic E-state index is 0.202. The van der Waals surface area contributed by atoms with Gasteiger partial charge in [0.25, 0.3) is 0 Å². The van der Waals surface area contributed by atoms with Gasteiger partial charge in [0.2, 0.25) is 5.91 Å². The van der Waals surface area contributed by atoms with E-state index in [-0.39, 0.29) is 11.9 Å². The Morgan fingerprint density at radius 2 is 2.29 bits per heavy atom. The minimum atomic E-state index is -0.537. The van der Waals surface area contributed by atoms with Gasteiger partial charge in [0.05, 0.1) is 5.69 Å². The molecule has 2 unspecified atom stereocenters. The number of rotatable bonds is 6. The Balaban J connectivity index is 2.10. The van der Waals surface area contributed by atoms with Gasteiger partial charge in [-0.3, -0.25) is 9.48 Å². The largest absolute Gasteiger partial charge is 0.368 e. The fourth-order valence-corrected chi connectivity index (χ4v) is 3.75. The van der Waals surface area contributed by atoms with Crippen molar-refractivity contribution in [1.82, 2.24) is 15.1 Å². The van der Waals surface area contributed by atoms with Crippen molar-refractivity contribution in [2.45, 2.75) is 71.5 Å². The molecule has 2 atom stereocenters. The number of carbonyl (C=O) groups is 1. The van der Waals surface area contributed by atoms with Crippen LogP contribution in [-0.4, -0.2) is 27.3 Å². The molecule has 0 spiro atoms. The van der Waals surface area contributed by atoms with Crippen molar-refractivity contribution in [3.05, 3.63) is 17.5 Å². The second-order valence-corrected chi connectivity index (χ2v) is 6.66. The molecule has 1 aliphatic carbocycles. The van der Waals surface area contributed by atoms with Gasteiger partial charge in [-0.2, -0.15) is 5.10 Å². The third-order valence-corrected chi connectivity index (χ3v) is 4.60. The highest BCUT2D eigenvalue weighted by molar-refractivity contribution is 5.85. The highest BCUT2D eigenvalue weighted by Crippen LogP contribution is 2.38. The number of carbonyl (C=O) groups excluding carboxylic acids is 1. The first-order valence-corrected chi connectivity index (χ1v) is 7.94. The number of primary amides is 1. The lowest BCUT2D eigenvalue weighted by molar-refractivity contribution is -0.126. The predicted molar refractivity (Wildman–Crippen MR) is 83.9 cm³/mol. The van der Waals surface area contributed by atoms with Crippen molar-refractivity contribution in [3.8, 4) is 0 Å². The first-order chi connectivity index (χ1) is 9.85. The van der Waals surface area contributed by atoms with Crippen LogP contribution >= 0.6 is 0 Å². The third kappa shape index (κ3) is 3.28. The van der Waals surface area contributed by atoms with E-state index in [1.807, 2.05) is 11.6 Å². The van der Waals surface area contributed by atoms with Gasteiger partial charge >= 0.3 is 0 Å². The molecule has 21 heavy (non-hydrogen) atoms. The molecule has 1 fully saturated rings. The average molecular weight is 292 g/mol. The van der Waals surface area contributed by atoms with Gasteiger partial charge in [0.1, 0.15) is 5.54 Å². The van der Waals surface area contributed by atoms with Crippen molar-refractivity contribution >= 4 is 5.91 Å². The predicted octanol–water partition coefficient (Wildman–Crippen LogP) is 1.91. The van der Waals surface area contributed by atoms with Crippen LogP contribution in [0.3, 0.4) is 0 Å². The number of amides is 1. The lowest BCUT2D eigenvalue weighted by Crippen LogP contribution is -2.60. The molecule has 0 radical (unpaired) electrons. The van der Waals surface area contributed by atoms with Crippen LogP contribution in [0.15, 0.2) is 6.07 Å². The number of aryl methyl sites for hydroxylation is 3. The summed E-state index contributed by atoms with van der Waals surface area (Å²) in [5.41, 5.74) is 7.43. The first kappa shape index (κ1) is 16.0. The van der Waals surface area contributed by atoms with Gasteiger partial charge in [-0.15, -0.1) is 0 Å². The van der Waals surface area contributed by atoms with E-state index in [0.717, 1.165) is 37.9 Å². The molecule has 1 amide bonds. The van der Waals surface area contributed by atoms with E-state index in [0.29, 0.717) is 5.92 Å². The van der Waals surface area contributed by atoms with Gasteiger partial charge in [-0.05, 0) is 58.9 Å². The summed E-state index contributed by atoms with van der Waals surface area (Å²) in [6.45, 7) is 9.07. The molecule has 0 saturated heterocycles. The first-order valence-electron chi connectivity index (χ1n) is 7.94. The Bertz CT molecular complexity index is 508. The summed E-state index contributed by atoms with van der Waals surface area (Å²) in [6, 6.07) is 2.34. The zero-order valence-electron chi connectivity index (χ0n) is 13.6. The van der Waals surface area contributed by atoms with E-state index in [9.17, 15) is 4.79 Å². The molecule has 0 aliphatic heterocycles. The topological polar surface area (TPSA) is 72.9 Å². The maximum Gasteiger partial charge on any atom is 0.238 e. The number of nitrogens with zero attached hydrogens (tertiary/aromatic N) is 2. The van der Waals surface area contributed by atoms with Crippen molar-refractivity contribution in [1.29, 1.82) is 0 Å². The molecule has 5 heteroatoms. The van der Waals surface area contributed by atoms with Crippen LogP contribution in [0, 0.1) is 19.8 Å². The highest BCUT2D eigenvalue weighted by Gasteiger charge is 2.47. The Hall–Kier alpha value is -1.36. The van der Waals surface area contributed by atoms with Crippen molar-refractivity contribution in [2.75, 3.05) is 0 Å². The van der Waals surface area contributed by atoms with E-state index >= 15 is 0 Å². The molecular weight excluding hydrogens is 264 g/mol. The van der Waals surface area contributed by atoms with Gasteiger partial charge in [0, 0.05) is 18.3 Å². The molecule has 2 rings (SSSR count). The molecule has 1 saturated carbocycles. The molecule has 118 valence electrons. The van der Waals surface area contributed by atoms with E-state index in [1.54, 1.807) is 0 Å². The normalized spacial score (nSPS) is 25.7. The van der Waals surface area contributed by atoms with Crippen LogP contribution in [0.25, 0.3) is 0 Å². The molecule has 1 aromatic heterocycles. The summed E-state index contributed by atoms with van der Waals surface area (Å²) in [5.74, 6) is 0.0911. The highest BCUT2D eigenvalue weighted by atomic mass is 16.1. The molecular formula is C16H28N4O. The summed E-state index contributed by atoms with van der Waals surface area (Å²) >= 11 is 0.